The van der Waals surface area contributed by atoms with Crippen molar-refractivity contribution < 1.29 is 4.74 Å². The van der Waals surface area contributed by atoms with Gasteiger partial charge in [0, 0.05) is 0 Å². The van der Waals surface area contributed by atoms with E-state index in [9.17, 15) is 0 Å². The zero-order valence-electron chi connectivity index (χ0n) is 8.12. The van der Waals surface area contributed by atoms with Crippen molar-refractivity contribution in [1.29, 1.82) is 0 Å². The minimum atomic E-state index is 0.203. The van der Waals surface area contributed by atoms with Crippen LogP contribution in [-0.2, 0) is 11.2 Å². The average molecular weight is 197 g/mol. The van der Waals surface area contributed by atoms with Crippen LogP contribution in [-0.4, -0.2) is 25.1 Å². The first-order chi connectivity index (χ1) is 6.33. The van der Waals surface area contributed by atoms with Gasteiger partial charge in [-0.05, 0) is 37.0 Å². The Kier molecular flexibility index (Phi) is 2.67. The van der Waals surface area contributed by atoms with Crippen molar-refractivity contribution in [3.63, 3.8) is 0 Å². The van der Waals surface area contributed by atoms with Crippen molar-refractivity contribution in [3.05, 3.63) is 21.9 Å². The van der Waals surface area contributed by atoms with Gasteiger partial charge in [0.2, 0.25) is 0 Å². The maximum Gasteiger partial charge on any atom is 0.146 e. The number of nitrogens with zero attached hydrogens (tertiary/aromatic N) is 1. The van der Waals surface area contributed by atoms with Gasteiger partial charge in [-0.3, -0.25) is 4.90 Å². The fourth-order valence-corrected chi connectivity index (χ4v) is 2.68. The zero-order chi connectivity index (χ0) is 9.26. The van der Waals surface area contributed by atoms with Crippen LogP contribution in [0.2, 0.25) is 0 Å². The summed E-state index contributed by atoms with van der Waals surface area (Å²) in [5, 5.41) is 2.16. The second kappa shape index (κ2) is 3.78. The van der Waals surface area contributed by atoms with Crippen LogP contribution < -0.4 is 0 Å². The van der Waals surface area contributed by atoms with E-state index in [1.807, 2.05) is 11.3 Å². The molecule has 1 aromatic rings. The topological polar surface area (TPSA) is 12.5 Å². The predicted octanol–water partition coefficient (Wildman–Crippen LogP) is 2.27. The van der Waals surface area contributed by atoms with Gasteiger partial charge in [0.15, 0.2) is 0 Å². The van der Waals surface area contributed by atoms with E-state index in [0.29, 0.717) is 0 Å². The van der Waals surface area contributed by atoms with Gasteiger partial charge in [0.05, 0.1) is 11.5 Å². The molecule has 0 saturated carbocycles. The Balaban J connectivity index is 2.24. The summed E-state index contributed by atoms with van der Waals surface area (Å²) >= 11 is 1.81. The molecule has 1 atom stereocenters. The largest absolute Gasteiger partial charge is 0.358 e. The van der Waals surface area contributed by atoms with Crippen LogP contribution in [0.1, 0.15) is 23.6 Å². The first-order valence-electron chi connectivity index (χ1n) is 4.71. The third-order valence-electron chi connectivity index (χ3n) is 2.55. The highest BCUT2D eigenvalue weighted by atomic mass is 32.1. The monoisotopic (exact) mass is 197 g/mol. The van der Waals surface area contributed by atoms with E-state index in [1.54, 1.807) is 0 Å². The molecule has 0 spiro atoms. The third-order valence-corrected chi connectivity index (χ3v) is 3.54. The molecule has 0 radical (unpaired) electrons. The molecule has 1 aliphatic heterocycles. The summed E-state index contributed by atoms with van der Waals surface area (Å²) in [6.45, 7) is 4.05. The lowest BCUT2D eigenvalue weighted by Gasteiger charge is -2.30. The van der Waals surface area contributed by atoms with E-state index in [-0.39, 0.29) is 6.23 Å². The summed E-state index contributed by atoms with van der Waals surface area (Å²) in [6.07, 6.45) is 1.28. The van der Waals surface area contributed by atoms with Crippen LogP contribution in [0, 0.1) is 0 Å². The number of thiophene rings is 1. The maximum absolute atomic E-state index is 5.75. The summed E-state index contributed by atoms with van der Waals surface area (Å²) in [4.78, 5) is 3.64. The molecule has 1 aliphatic rings. The summed E-state index contributed by atoms with van der Waals surface area (Å²) in [7, 11) is 2.11. The number of rotatable bonds is 2. The van der Waals surface area contributed by atoms with E-state index in [1.165, 1.54) is 10.4 Å². The lowest BCUT2D eigenvalue weighted by molar-refractivity contribution is -0.0535. The SMILES string of the molecule is CCN(C)[C@@H]1OCCc2ccsc21. The highest BCUT2D eigenvalue weighted by Crippen LogP contribution is 2.33. The second-order valence-electron chi connectivity index (χ2n) is 3.36. The van der Waals surface area contributed by atoms with Crippen molar-refractivity contribution in [2.75, 3.05) is 20.2 Å². The highest BCUT2D eigenvalue weighted by molar-refractivity contribution is 7.10. The van der Waals surface area contributed by atoms with Gasteiger partial charge in [-0.1, -0.05) is 6.92 Å². The van der Waals surface area contributed by atoms with Gasteiger partial charge < -0.3 is 4.74 Å². The minimum absolute atomic E-state index is 0.203. The fraction of sp³-hybridized carbons (Fsp3) is 0.600. The molecule has 1 aromatic heterocycles. The van der Waals surface area contributed by atoms with Gasteiger partial charge >= 0.3 is 0 Å². The van der Waals surface area contributed by atoms with Crippen molar-refractivity contribution >= 4 is 11.3 Å². The highest BCUT2D eigenvalue weighted by Gasteiger charge is 2.24. The number of hydrogen-bond donors (Lipinski definition) is 0. The lowest BCUT2D eigenvalue weighted by atomic mass is 10.1. The molecule has 0 saturated heterocycles. The molecule has 2 rings (SSSR count). The Bertz CT molecular complexity index is 284. The van der Waals surface area contributed by atoms with Crippen molar-refractivity contribution in [2.45, 2.75) is 19.6 Å². The minimum Gasteiger partial charge on any atom is -0.358 e. The quantitative estimate of drug-likeness (QED) is 0.721. The first-order valence-corrected chi connectivity index (χ1v) is 5.59. The Morgan fingerprint density at radius 1 is 1.69 bits per heavy atom. The number of ether oxygens (including phenoxy) is 1. The molecule has 2 heterocycles. The molecule has 2 nitrogen and oxygen atoms in total. The molecule has 3 heteroatoms. The summed E-state index contributed by atoms with van der Waals surface area (Å²) in [5.74, 6) is 0. The van der Waals surface area contributed by atoms with Crippen molar-refractivity contribution in [1.82, 2.24) is 4.90 Å². The van der Waals surface area contributed by atoms with Crippen LogP contribution in [0.4, 0.5) is 0 Å². The second-order valence-corrected chi connectivity index (χ2v) is 4.30. The van der Waals surface area contributed by atoms with Gasteiger partial charge in [-0.15, -0.1) is 11.3 Å². The third kappa shape index (κ3) is 1.64. The standard InChI is InChI=1S/C10H15NOS/c1-3-11(2)10-9-8(4-6-12-10)5-7-13-9/h5,7,10H,3-4,6H2,1-2H3/t10-/m1/s1. The Hall–Kier alpha value is -0.380. The maximum atomic E-state index is 5.75. The van der Waals surface area contributed by atoms with Gasteiger partial charge in [0.1, 0.15) is 6.23 Å². The smallest absolute Gasteiger partial charge is 0.146 e. The predicted molar refractivity (Wildman–Crippen MR) is 55.0 cm³/mol. The molecule has 0 fully saturated rings. The van der Waals surface area contributed by atoms with E-state index in [2.05, 4.69) is 30.3 Å². The Labute approximate surface area is 83.1 Å². The van der Waals surface area contributed by atoms with E-state index >= 15 is 0 Å². The molecule has 72 valence electrons. The Morgan fingerprint density at radius 3 is 3.31 bits per heavy atom. The molecular formula is C10H15NOS. The zero-order valence-corrected chi connectivity index (χ0v) is 8.93. The number of hydrogen-bond acceptors (Lipinski definition) is 3. The molecule has 0 unspecified atom stereocenters. The average Bonchev–Trinajstić information content (AvgIpc) is 2.63. The van der Waals surface area contributed by atoms with Crippen LogP contribution >= 0.6 is 11.3 Å². The van der Waals surface area contributed by atoms with Crippen LogP contribution in [0.5, 0.6) is 0 Å². The Morgan fingerprint density at radius 2 is 2.54 bits per heavy atom. The molecule has 0 aliphatic carbocycles. The molecule has 0 N–H and O–H groups in total. The molecular weight excluding hydrogens is 182 g/mol. The summed E-state index contributed by atoms with van der Waals surface area (Å²) in [5.41, 5.74) is 1.47. The normalized spacial score (nSPS) is 21.9. The molecule has 0 amide bonds. The van der Waals surface area contributed by atoms with Gasteiger partial charge in [-0.2, -0.15) is 0 Å². The van der Waals surface area contributed by atoms with Gasteiger partial charge in [-0.25, -0.2) is 0 Å². The summed E-state index contributed by atoms with van der Waals surface area (Å²) in [6, 6.07) is 2.22. The van der Waals surface area contributed by atoms with Crippen LogP contribution in [0.25, 0.3) is 0 Å². The van der Waals surface area contributed by atoms with E-state index in [4.69, 9.17) is 4.74 Å². The van der Waals surface area contributed by atoms with Crippen molar-refractivity contribution in [2.24, 2.45) is 0 Å². The molecule has 13 heavy (non-hydrogen) atoms. The molecule has 0 bridgehead atoms. The van der Waals surface area contributed by atoms with Crippen molar-refractivity contribution in [3.8, 4) is 0 Å². The number of fused-ring (bicyclic) bond motifs is 1. The summed E-state index contributed by atoms with van der Waals surface area (Å²) < 4.78 is 5.75. The van der Waals surface area contributed by atoms with E-state index < -0.39 is 0 Å². The van der Waals surface area contributed by atoms with Gasteiger partial charge in [0.25, 0.3) is 0 Å². The van der Waals surface area contributed by atoms with Crippen LogP contribution in [0.15, 0.2) is 11.4 Å². The molecule has 0 aromatic carbocycles. The lowest BCUT2D eigenvalue weighted by Crippen LogP contribution is -2.29. The van der Waals surface area contributed by atoms with E-state index in [0.717, 1.165) is 19.6 Å². The fourth-order valence-electron chi connectivity index (χ4n) is 1.62. The van der Waals surface area contributed by atoms with Crippen LogP contribution in [0.3, 0.4) is 0 Å². The first kappa shape index (κ1) is 9.19.